The minimum atomic E-state index is -0.401. The van der Waals surface area contributed by atoms with Gasteiger partial charge in [0.05, 0.1) is 16.3 Å². The highest BCUT2D eigenvalue weighted by Gasteiger charge is 2.28. The highest BCUT2D eigenvalue weighted by atomic mass is 35.5. The summed E-state index contributed by atoms with van der Waals surface area (Å²) in [6.07, 6.45) is 2.13. The first-order valence-corrected chi connectivity index (χ1v) is 10.8. The molecular formula is C24H20ClN3O5. The lowest BCUT2D eigenvalue weighted by molar-refractivity contribution is 0.0953. The Hall–Kier alpha value is -3.78. The maximum absolute atomic E-state index is 12.9. The van der Waals surface area contributed by atoms with Crippen LogP contribution in [0.15, 0.2) is 52.0 Å². The molecule has 33 heavy (non-hydrogen) atoms. The molecule has 2 aromatic carbocycles. The SMILES string of the molecule is Cc1c(C(=O)Nc2ccc3c(c2)OCO3)oc2c1/C(=N/NC(=O)c1ccccc1Cl)CCC2. The van der Waals surface area contributed by atoms with Crippen molar-refractivity contribution in [1.29, 1.82) is 0 Å². The molecule has 0 saturated heterocycles. The molecule has 0 radical (unpaired) electrons. The van der Waals surface area contributed by atoms with E-state index in [-0.39, 0.29) is 18.5 Å². The van der Waals surface area contributed by atoms with Gasteiger partial charge in [0.2, 0.25) is 6.79 Å². The Kier molecular flexibility index (Phi) is 5.51. The lowest BCUT2D eigenvalue weighted by Gasteiger charge is -2.13. The number of fused-ring (bicyclic) bond motifs is 2. The summed E-state index contributed by atoms with van der Waals surface area (Å²) in [5.41, 5.74) is 5.59. The number of hydrazone groups is 1. The molecule has 2 aliphatic rings. The number of hydrogen-bond acceptors (Lipinski definition) is 6. The number of benzene rings is 2. The Morgan fingerprint density at radius 2 is 1.85 bits per heavy atom. The Morgan fingerprint density at radius 1 is 1.03 bits per heavy atom. The molecule has 0 unspecified atom stereocenters. The van der Waals surface area contributed by atoms with Crippen LogP contribution in [0.4, 0.5) is 5.69 Å². The van der Waals surface area contributed by atoms with E-state index in [0.29, 0.717) is 57.6 Å². The fraction of sp³-hybridized carbons (Fsp3) is 0.208. The second kappa shape index (κ2) is 8.63. The van der Waals surface area contributed by atoms with Crippen LogP contribution in [-0.4, -0.2) is 24.3 Å². The smallest absolute Gasteiger partial charge is 0.291 e. The van der Waals surface area contributed by atoms with Crippen molar-refractivity contribution in [1.82, 2.24) is 5.43 Å². The number of anilines is 1. The van der Waals surface area contributed by atoms with Gasteiger partial charge >= 0.3 is 0 Å². The molecule has 168 valence electrons. The molecule has 0 atom stereocenters. The predicted octanol–water partition coefficient (Wildman–Crippen LogP) is 4.69. The van der Waals surface area contributed by atoms with E-state index in [2.05, 4.69) is 15.8 Å². The number of aryl methyl sites for hydroxylation is 1. The molecule has 1 aromatic heterocycles. The maximum Gasteiger partial charge on any atom is 0.291 e. The Balaban J connectivity index is 1.37. The van der Waals surface area contributed by atoms with Crippen molar-refractivity contribution in [3.63, 3.8) is 0 Å². The molecule has 5 rings (SSSR count). The number of halogens is 1. The van der Waals surface area contributed by atoms with Gasteiger partial charge in [0.25, 0.3) is 11.8 Å². The Morgan fingerprint density at radius 3 is 2.70 bits per heavy atom. The quantitative estimate of drug-likeness (QED) is 0.544. The largest absolute Gasteiger partial charge is 0.455 e. The number of rotatable bonds is 4. The van der Waals surface area contributed by atoms with Gasteiger partial charge in [-0.05, 0) is 44.0 Å². The number of nitrogens with one attached hydrogen (secondary N) is 2. The third-order valence-corrected chi connectivity index (χ3v) is 5.90. The minimum Gasteiger partial charge on any atom is -0.455 e. The lowest BCUT2D eigenvalue weighted by atomic mass is 9.93. The normalized spacial score (nSPS) is 15.3. The van der Waals surface area contributed by atoms with Gasteiger partial charge in [-0.3, -0.25) is 9.59 Å². The van der Waals surface area contributed by atoms with E-state index in [0.717, 1.165) is 12.0 Å². The van der Waals surface area contributed by atoms with E-state index in [1.54, 1.807) is 42.5 Å². The van der Waals surface area contributed by atoms with Gasteiger partial charge in [0.15, 0.2) is 17.3 Å². The van der Waals surface area contributed by atoms with Gasteiger partial charge in [-0.2, -0.15) is 5.10 Å². The van der Waals surface area contributed by atoms with Gasteiger partial charge in [-0.25, -0.2) is 5.43 Å². The Labute approximate surface area is 194 Å². The van der Waals surface area contributed by atoms with Crippen LogP contribution in [0.2, 0.25) is 5.02 Å². The topological polar surface area (TPSA) is 102 Å². The first-order chi connectivity index (χ1) is 16.0. The van der Waals surface area contributed by atoms with Crippen molar-refractivity contribution in [3.05, 3.63) is 75.7 Å². The predicted molar refractivity (Wildman–Crippen MR) is 122 cm³/mol. The summed E-state index contributed by atoms with van der Waals surface area (Å²) < 4.78 is 16.6. The molecule has 2 amide bonds. The van der Waals surface area contributed by atoms with Crippen LogP contribution in [0.1, 0.15) is 50.6 Å². The number of amides is 2. The molecule has 8 nitrogen and oxygen atoms in total. The summed E-state index contributed by atoms with van der Waals surface area (Å²) in [7, 11) is 0. The van der Waals surface area contributed by atoms with E-state index in [1.807, 2.05) is 6.92 Å². The third-order valence-electron chi connectivity index (χ3n) is 5.57. The fourth-order valence-electron chi connectivity index (χ4n) is 3.98. The molecule has 1 aliphatic heterocycles. The molecule has 2 heterocycles. The summed E-state index contributed by atoms with van der Waals surface area (Å²) in [4.78, 5) is 25.4. The van der Waals surface area contributed by atoms with Crippen molar-refractivity contribution in [3.8, 4) is 11.5 Å². The van der Waals surface area contributed by atoms with Crippen molar-refractivity contribution >= 4 is 34.8 Å². The zero-order chi connectivity index (χ0) is 22.9. The second-order valence-electron chi connectivity index (χ2n) is 7.71. The van der Waals surface area contributed by atoms with Crippen LogP contribution in [-0.2, 0) is 6.42 Å². The maximum atomic E-state index is 12.9. The molecule has 1 aliphatic carbocycles. The van der Waals surface area contributed by atoms with Gasteiger partial charge in [-0.1, -0.05) is 23.7 Å². The van der Waals surface area contributed by atoms with Crippen molar-refractivity contribution in [2.75, 3.05) is 12.1 Å². The standard InChI is InChI=1S/C24H20ClN3O5/c1-13-21-17(27-28-23(29)15-5-2-3-6-16(15)25)7-4-8-19(21)33-22(13)24(30)26-14-9-10-18-20(11-14)32-12-31-18/h2-3,5-6,9-11H,4,7-8,12H2,1H3,(H,26,30)(H,28,29)/b27-17+. The number of hydrogen-bond donors (Lipinski definition) is 2. The van der Waals surface area contributed by atoms with E-state index in [9.17, 15) is 9.59 Å². The first-order valence-electron chi connectivity index (χ1n) is 10.5. The monoisotopic (exact) mass is 465 g/mol. The zero-order valence-electron chi connectivity index (χ0n) is 17.7. The molecule has 0 fully saturated rings. The highest BCUT2D eigenvalue weighted by Crippen LogP contribution is 2.35. The van der Waals surface area contributed by atoms with Crippen molar-refractivity contribution < 1.29 is 23.5 Å². The molecule has 0 saturated carbocycles. The van der Waals surface area contributed by atoms with E-state index in [1.165, 1.54) is 0 Å². The molecule has 9 heteroatoms. The fourth-order valence-corrected chi connectivity index (χ4v) is 4.20. The van der Waals surface area contributed by atoms with Crippen LogP contribution < -0.4 is 20.2 Å². The average Bonchev–Trinajstić information content (AvgIpc) is 3.42. The van der Waals surface area contributed by atoms with Gasteiger partial charge in [0, 0.05) is 29.3 Å². The number of carbonyl (C=O) groups excluding carboxylic acids is 2. The molecule has 0 spiro atoms. The van der Waals surface area contributed by atoms with Crippen LogP contribution in [0.5, 0.6) is 11.5 Å². The van der Waals surface area contributed by atoms with Crippen LogP contribution in [0, 0.1) is 6.92 Å². The summed E-state index contributed by atoms with van der Waals surface area (Å²) >= 11 is 6.10. The molecular weight excluding hydrogens is 446 g/mol. The van der Waals surface area contributed by atoms with Crippen LogP contribution in [0.25, 0.3) is 0 Å². The number of furan rings is 1. The first kappa shape index (κ1) is 21.1. The number of nitrogens with zero attached hydrogens (tertiary/aromatic N) is 1. The summed E-state index contributed by atoms with van der Waals surface area (Å²) in [5, 5.41) is 7.52. The van der Waals surface area contributed by atoms with Crippen LogP contribution >= 0.6 is 11.6 Å². The number of ether oxygens (including phenoxy) is 2. The molecule has 2 N–H and O–H groups in total. The summed E-state index contributed by atoms with van der Waals surface area (Å²) in [6.45, 7) is 1.97. The van der Waals surface area contributed by atoms with E-state index in [4.69, 9.17) is 25.5 Å². The van der Waals surface area contributed by atoms with E-state index >= 15 is 0 Å². The third kappa shape index (κ3) is 4.05. The lowest BCUT2D eigenvalue weighted by Crippen LogP contribution is -2.22. The zero-order valence-corrected chi connectivity index (χ0v) is 18.5. The summed E-state index contributed by atoms with van der Waals surface area (Å²) in [6, 6.07) is 11.9. The Bertz CT molecular complexity index is 1300. The van der Waals surface area contributed by atoms with Crippen molar-refractivity contribution in [2.24, 2.45) is 5.10 Å². The highest BCUT2D eigenvalue weighted by molar-refractivity contribution is 6.33. The van der Waals surface area contributed by atoms with Gasteiger partial charge in [0.1, 0.15) is 5.76 Å². The van der Waals surface area contributed by atoms with Gasteiger partial charge < -0.3 is 19.2 Å². The molecule has 0 bridgehead atoms. The summed E-state index contributed by atoms with van der Waals surface area (Å²) in [5.74, 6) is 1.33. The minimum absolute atomic E-state index is 0.159. The average molecular weight is 466 g/mol. The van der Waals surface area contributed by atoms with Crippen LogP contribution in [0.3, 0.4) is 0 Å². The van der Waals surface area contributed by atoms with E-state index < -0.39 is 5.91 Å². The molecule has 3 aromatic rings. The van der Waals surface area contributed by atoms with Crippen molar-refractivity contribution in [2.45, 2.75) is 26.2 Å². The number of carbonyl (C=O) groups is 2. The second-order valence-corrected chi connectivity index (χ2v) is 8.12. The van der Waals surface area contributed by atoms with Gasteiger partial charge in [-0.15, -0.1) is 0 Å².